The minimum atomic E-state index is -0.482. The molecule has 1 aromatic rings. The van der Waals surface area contributed by atoms with Crippen molar-refractivity contribution in [2.24, 2.45) is 0 Å². The Bertz CT molecular complexity index is 464. The van der Waals surface area contributed by atoms with E-state index in [9.17, 15) is 4.79 Å². The Morgan fingerprint density at radius 3 is 2.33 bits per heavy atom. The summed E-state index contributed by atoms with van der Waals surface area (Å²) in [6, 6.07) is 6.40. The Hall–Kier alpha value is -1.51. The van der Waals surface area contributed by atoms with Crippen LogP contribution in [-0.2, 0) is 4.79 Å². The third-order valence-corrected chi connectivity index (χ3v) is 3.80. The summed E-state index contributed by atoms with van der Waals surface area (Å²) in [5.74, 6) is 1.15. The molecule has 0 saturated carbocycles. The highest BCUT2D eigenvalue weighted by atomic mass is 16.5. The summed E-state index contributed by atoms with van der Waals surface area (Å²) >= 11 is 0. The SMILES string of the molecule is CCC(CC)NC(=O)C(C)Oc1cc(C)ccc1C(C)C. The van der Waals surface area contributed by atoms with Crippen LogP contribution in [-0.4, -0.2) is 18.1 Å². The highest BCUT2D eigenvalue weighted by molar-refractivity contribution is 5.81. The fraction of sp³-hybridized carbons (Fsp3) is 0.611. The first-order valence-corrected chi connectivity index (χ1v) is 7.96. The molecule has 0 fully saturated rings. The monoisotopic (exact) mass is 291 g/mol. The number of aryl methyl sites for hydroxylation is 1. The second-order valence-corrected chi connectivity index (χ2v) is 5.98. The maximum atomic E-state index is 12.2. The number of carbonyl (C=O) groups excluding carboxylic acids is 1. The molecule has 0 heterocycles. The van der Waals surface area contributed by atoms with Crippen LogP contribution < -0.4 is 10.1 Å². The summed E-state index contributed by atoms with van der Waals surface area (Å²) in [7, 11) is 0. The topological polar surface area (TPSA) is 38.3 Å². The fourth-order valence-corrected chi connectivity index (χ4v) is 2.28. The molecule has 3 nitrogen and oxygen atoms in total. The number of benzene rings is 1. The molecule has 1 rings (SSSR count). The minimum Gasteiger partial charge on any atom is -0.481 e. The van der Waals surface area contributed by atoms with Gasteiger partial charge in [0.2, 0.25) is 0 Å². The van der Waals surface area contributed by atoms with E-state index in [1.807, 2.05) is 19.9 Å². The molecule has 0 aliphatic heterocycles. The Morgan fingerprint density at radius 2 is 1.81 bits per heavy atom. The molecule has 118 valence electrons. The zero-order chi connectivity index (χ0) is 16.0. The average Bonchev–Trinajstić information content (AvgIpc) is 2.44. The van der Waals surface area contributed by atoms with Gasteiger partial charge in [0, 0.05) is 6.04 Å². The zero-order valence-corrected chi connectivity index (χ0v) is 14.2. The third kappa shape index (κ3) is 5.07. The van der Waals surface area contributed by atoms with Gasteiger partial charge in [-0.15, -0.1) is 0 Å². The van der Waals surface area contributed by atoms with Crippen molar-refractivity contribution in [2.75, 3.05) is 0 Å². The molecule has 3 heteroatoms. The standard InChI is InChI=1S/C18H29NO2/c1-7-15(8-2)19-18(20)14(6)21-17-11-13(5)9-10-16(17)12(3)4/h9-12,14-15H,7-8H2,1-6H3,(H,19,20). The van der Waals surface area contributed by atoms with Crippen LogP contribution in [0, 0.1) is 6.92 Å². The molecule has 1 atom stereocenters. The highest BCUT2D eigenvalue weighted by Gasteiger charge is 2.19. The van der Waals surface area contributed by atoms with Gasteiger partial charge in [-0.25, -0.2) is 0 Å². The molecule has 0 aliphatic rings. The first-order chi connectivity index (χ1) is 9.88. The first-order valence-electron chi connectivity index (χ1n) is 7.96. The van der Waals surface area contributed by atoms with Gasteiger partial charge in [0.15, 0.2) is 6.10 Å². The Balaban J connectivity index is 2.80. The van der Waals surface area contributed by atoms with Crippen LogP contribution in [0.5, 0.6) is 5.75 Å². The van der Waals surface area contributed by atoms with E-state index in [4.69, 9.17) is 4.74 Å². The number of ether oxygens (including phenoxy) is 1. The highest BCUT2D eigenvalue weighted by Crippen LogP contribution is 2.28. The van der Waals surface area contributed by atoms with Crippen LogP contribution >= 0.6 is 0 Å². The maximum Gasteiger partial charge on any atom is 0.260 e. The Morgan fingerprint density at radius 1 is 1.19 bits per heavy atom. The van der Waals surface area contributed by atoms with Gasteiger partial charge in [-0.05, 0) is 49.8 Å². The molecule has 0 aliphatic carbocycles. The molecule has 1 unspecified atom stereocenters. The van der Waals surface area contributed by atoms with Gasteiger partial charge in [-0.1, -0.05) is 39.8 Å². The Labute approximate surface area is 129 Å². The van der Waals surface area contributed by atoms with Gasteiger partial charge in [0.25, 0.3) is 5.91 Å². The minimum absolute atomic E-state index is 0.0417. The molecule has 0 saturated heterocycles. The summed E-state index contributed by atoms with van der Waals surface area (Å²) in [4.78, 5) is 12.2. The number of nitrogens with one attached hydrogen (secondary N) is 1. The summed E-state index contributed by atoms with van der Waals surface area (Å²) in [6.45, 7) is 12.3. The van der Waals surface area contributed by atoms with Gasteiger partial charge < -0.3 is 10.1 Å². The van der Waals surface area contributed by atoms with E-state index >= 15 is 0 Å². The molecule has 0 radical (unpaired) electrons. The van der Waals surface area contributed by atoms with Crippen molar-refractivity contribution in [2.45, 2.75) is 72.4 Å². The molecule has 0 spiro atoms. The molecule has 0 aromatic heterocycles. The van der Waals surface area contributed by atoms with Crippen molar-refractivity contribution in [3.63, 3.8) is 0 Å². The van der Waals surface area contributed by atoms with Crippen molar-refractivity contribution in [1.29, 1.82) is 0 Å². The van der Waals surface area contributed by atoms with Gasteiger partial charge in [-0.2, -0.15) is 0 Å². The molecule has 0 bridgehead atoms. The molecular weight excluding hydrogens is 262 g/mol. The fourth-order valence-electron chi connectivity index (χ4n) is 2.28. The quantitative estimate of drug-likeness (QED) is 0.818. The second-order valence-electron chi connectivity index (χ2n) is 5.98. The van der Waals surface area contributed by atoms with Crippen LogP contribution in [0.1, 0.15) is 64.5 Å². The van der Waals surface area contributed by atoms with E-state index in [1.165, 1.54) is 0 Å². The summed E-state index contributed by atoms with van der Waals surface area (Å²) in [5, 5.41) is 3.04. The van der Waals surface area contributed by atoms with Crippen LogP contribution in [0.4, 0.5) is 0 Å². The number of amides is 1. The number of hydrogen-bond acceptors (Lipinski definition) is 2. The van der Waals surface area contributed by atoms with Crippen molar-refractivity contribution in [3.05, 3.63) is 29.3 Å². The van der Waals surface area contributed by atoms with Gasteiger partial charge in [0.05, 0.1) is 0 Å². The Kier molecular flexibility index (Phi) is 6.73. The van der Waals surface area contributed by atoms with E-state index in [0.717, 1.165) is 29.7 Å². The zero-order valence-electron chi connectivity index (χ0n) is 14.2. The lowest BCUT2D eigenvalue weighted by Crippen LogP contribution is -2.42. The second kappa shape index (κ2) is 8.06. The summed E-state index contributed by atoms with van der Waals surface area (Å²) < 4.78 is 5.93. The maximum absolute atomic E-state index is 12.2. The number of carbonyl (C=O) groups is 1. The third-order valence-electron chi connectivity index (χ3n) is 3.80. The van der Waals surface area contributed by atoms with Crippen molar-refractivity contribution >= 4 is 5.91 Å². The molecule has 21 heavy (non-hydrogen) atoms. The number of hydrogen-bond donors (Lipinski definition) is 1. The van der Waals surface area contributed by atoms with Crippen LogP contribution in [0.2, 0.25) is 0 Å². The smallest absolute Gasteiger partial charge is 0.260 e. The van der Waals surface area contributed by atoms with Crippen molar-refractivity contribution < 1.29 is 9.53 Å². The molecule has 1 N–H and O–H groups in total. The van der Waals surface area contributed by atoms with Gasteiger partial charge in [-0.3, -0.25) is 4.79 Å². The van der Waals surface area contributed by atoms with E-state index in [1.54, 1.807) is 0 Å². The lowest BCUT2D eigenvalue weighted by atomic mass is 10.0. The lowest BCUT2D eigenvalue weighted by Gasteiger charge is -2.21. The van der Waals surface area contributed by atoms with E-state index in [0.29, 0.717) is 5.92 Å². The van der Waals surface area contributed by atoms with E-state index in [2.05, 4.69) is 45.1 Å². The van der Waals surface area contributed by atoms with Crippen LogP contribution in [0.25, 0.3) is 0 Å². The molecule has 1 amide bonds. The number of rotatable bonds is 7. The van der Waals surface area contributed by atoms with Gasteiger partial charge in [0.1, 0.15) is 5.75 Å². The predicted octanol–water partition coefficient (Wildman–Crippen LogP) is 4.19. The van der Waals surface area contributed by atoms with E-state index < -0.39 is 6.10 Å². The average molecular weight is 291 g/mol. The van der Waals surface area contributed by atoms with Gasteiger partial charge >= 0.3 is 0 Å². The lowest BCUT2D eigenvalue weighted by molar-refractivity contribution is -0.128. The summed E-state index contributed by atoms with van der Waals surface area (Å²) in [5.41, 5.74) is 2.28. The summed E-state index contributed by atoms with van der Waals surface area (Å²) in [6.07, 6.45) is 1.40. The first kappa shape index (κ1) is 17.5. The molecule has 1 aromatic carbocycles. The van der Waals surface area contributed by atoms with E-state index in [-0.39, 0.29) is 11.9 Å². The molecular formula is C18H29NO2. The van der Waals surface area contributed by atoms with Crippen LogP contribution in [0.15, 0.2) is 18.2 Å². The van der Waals surface area contributed by atoms with Crippen LogP contribution in [0.3, 0.4) is 0 Å². The normalized spacial score (nSPS) is 12.6. The largest absolute Gasteiger partial charge is 0.481 e. The van der Waals surface area contributed by atoms with Crippen molar-refractivity contribution in [3.8, 4) is 5.75 Å². The van der Waals surface area contributed by atoms with Crippen molar-refractivity contribution in [1.82, 2.24) is 5.32 Å². The predicted molar refractivity (Wildman–Crippen MR) is 87.9 cm³/mol.